The van der Waals surface area contributed by atoms with Crippen molar-refractivity contribution in [3.8, 4) is 0 Å². The maximum Gasteiger partial charge on any atom is 0.146 e. The van der Waals surface area contributed by atoms with E-state index in [2.05, 4.69) is 23.8 Å². The lowest BCUT2D eigenvalue weighted by atomic mass is 10.0. The largest absolute Gasteiger partial charge is 0.365 e. The molecule has 112 valence electrons. The molecule has 20 heavy (non-hydrogen) atoms. The molecule has 1 unspecified atom stereocenters. The van der Waals surface area contributed by atoms with Gasteiger partial charge in [-0.25, -0.2) is 4.39 Å². The average Bonchev–Trinajstić information content (AvgIpc) is 2.59. The smallest absolute Gasteiger partial charge is 0.146 e. The van der Waals surface area contributed by atoms with Crippen molar-refractivity contribution in [1.82, 2.24) is 4.90 Å². The quantitative estimate of drug-likeness (QED) is 0.923. The summed E-state index contributed by atoms with van der Waals surface area (Å²) in [6.07, 6.45) is 2.07. The molecular weight excluding hydrogens is 253 g/mol. The first-order valence-electron chi connectivity index (χ1n) is 7.53. The first kappa shape index (κ1) is 15.3. The molecule has 0 spiro atoms. The Morgan fingerprint density at radius 3 is 2.80 bits per heavy atom. The second-order valence-electron chi connectivity index (χ2n) is 5.84. The number of rotatable bonds is 3. The van der Waals surface area contributed by atoms with Crippen LogP contribution < -0.4 is 10.6 Å². The Bertz CT molecular complexity index is 447. The Hall–Kier alpha value is -1.13. The van der Waals surface area contributed by atoms with Crippen LogP contribution in [0.15, 0.2) is 18.2 Å². The van der Waals surface area contributed by atoms with Gasteiger partial charge in [0.25, 0.3) is 0 Å². The minimum Gasteiger partial charge on any atom is -0.365 e. The van der Waals surface area contributed by atoms with Gasteiger partial charge in [-0.05, 0) is 45.0 Å². The number of benzene rings is 1. The maximum atomic E-state index is 14.4. The van der Waals surface area contributed by atoms with Gasteiger partial charge in [0.1, 0.15) is 5.82 Å². The highest BCUT2D eigenvalue weighted by atomic mass is 19.1. The van der Waals surface area contributed by atoms with Crippen molar-refractivity contribution >= 4 is 5.69 Å². The van der Waals surface area contributed by atoms with Crippen LogP contribution in [0.25, 0.3) is 0 Å². The zero-order chi connectivity index (χ0) is 14.7. The van der Waals surface area contributed by atoms with Gasteiger partial charge in [0.15, 0.2) is 0 Å². The molecule has 1 aliphatic rings. The second kappa shape index (κ2) is 6.55. The molecule has 1 aromatic rings. The monoisotopic (exact) mass is 279 g/mol. The van der Waals surface area contributed by atoms with Crippen molar-refractivity contribution in [1.29, 1.82) is 0 Å². The number of nitrogens with two attached hydrogens (primary N) is 1. The number of para-hydroxylation sites is 1. The van der Waals surface area contributed by atoms with Gasteiger partial charge in [-0.3, -0.25) is 0 Å². The first-order chi connectivity index (χ1) is 9.54. The molecule has 2 rings (SSSR count). The van der Waals surface area contributed by atoms with E-state index >= 15 is 0 Å². The molecule has 0 aromatic heterocycles. The summed E-state index contributed by atoms with van der Waals surface area (Å²) in [5.41, 5.74) is 7.66. The molecular formula is C16H26FN3. The Labute approximate surface area is 121 Å². The van der Waals surface area contributed by atoms with E-state index in [4.69, 9.17) is 5.73 Å². The maximum absolute atomic E-state index is 14.4. The standard InChI is InChI=1S/C16H26FN3/c1-4-13-11-19(3)9-6-10-20(13)16-14(12(2)18)7-5-8-15(16)17/h5,7-8,12-13H,4,6,9-11,18H2,1-3H3/t12-,13?/m0/s1. The SMILES string of the molecule is CCC1CN(C)CCCN1c1c(F)cccc1[C@H](C)N. The first-order valence-corrected chi connectivity index (χ1v) is 7.53. The van der Waals surface area contributed by atoms with Gasteiger partial charge in [0, 0.05) is 25.2 Å². The van der Waals surface area contributed by atoms with E-state index in [9.17, 15) is 4.39 Å². The van der Waals surface area contributed by atoms with Crippen molar-refractivity contribution in [3.05, 3.63) is 29.6 Å². The summed E-state index contributed by atoms with van der Waals surface area (Å²) in [6.45, 7) is 7.02. The molecule has 1 saturated heterocycles. The summed E-state index contributed by atoms with van der Waals surface area (Å²) in [5, 5.41) is 0. The van der Waals surface area contributed by atoms with E-state index < -0.39 is 0 Å². The van der Waals surface area contributed by atoms with Crippen molar-refractivity contribution in [2.24, 2.45) is 5.73 Å². The third-order valence-corrected chi connectivity index (χ3v) is 4.17. The van der Waals surface area contributed by atoms with E-state index in [0.717, 1.165) is 38.0 Å². The third kappa shape index (κ3) is 3.13. The Kier molecular flexibility index (Phi) is 5.00. The number of hydrogen-bond donors (Lipinski definition) is 1. The van der Waals surface area contributed by atoms with Crippen LogP contribution in [0.4, 0.5) is 10.1 Å². The molecule has 1 heterocycles. The summed E-state index contributed by atoms with van der Waals surface area (Å²) in [4.78, 5) is 4.57. The highest BCUT2D eigenvalue weighted by molar-refractivity contribution is 5.57. The predicted octanol–water partition coefficient (Wildman–Crippen LogP) is 2.77. The van der Waals surface area contributed by atoms with E-state index in [1.54, 1.807) is 12.1 Å². The topological polar surface area (TPSA) is 32.5 Å². The van der Waals surface area contributed by atoms with Crippen molar-refractivity contribution in [2.75, 3.05) is 31.6 Å². The van der Waals surface area contributed by atoms with Crippen LogP contribution in [0.1, 0.15) is 38.3 Å². The summed E-state index contributed by atoms with van der Waals surface area (Å²) in [7, 11) is 2.14. The Morgan fingerprint density at radius 2 is 2.15 bits per heavy atom. The van der Waals surface area contributed by atoms with Crippen molar-refractivity contribution in [2.45, 2.75) is 38.8 Å². The van der Waals surface area contributed by atoms with Gasteiger partial charge in [-0.15, -0.1) is 0 Å². The predicted molar refractivity (Wildman–Crippen MR) is 82.5 cm³/mol. The van der Waals surface area contributed by atoms with Crippen LogP contribution in [0, 0.1) is 5.82 Å². The number of halogens is 1. The fourth-order valence-corrected chi connectivity index (χ4v) is 3.09. The molecule has 0 radical (unpaired) electrons. The fourth-order valence-electron chi connectivity index (χ4n) is 3.09. The number of nitrogens with zero attached hydrogens (tertiary/aromatic N) is 2. The lowest BCUT2D eigenvalue weighted by Crippen LogP contribution is -2.41. The van der Waals surface area contributed by atoms with Gasteiger partial charge in [-0.1, -0.05) is 19.1 Å². The van der Waals surface area contributed by atoms with Gasteiger partial charge in [0.05, 0.1) is 5.69 Å². The lowest BCUT2D eigenvalue weighted by molar-refractivity contribution is 0.327. The third-order valence-electron chi connectivity index (χ3n) is 4.17. The second-order valence-corrected chi connectivity index (χ2v) is 5.84. The molecule has 2 atom stereocenters. The molecule has 0 saturated carbocycles. The average molecular weight is 279 g/mol. The summed E-state index contributed by atoms with van der Waals surface area (Å²) < 4.78 is 14.4. The summed E-state index contributed by atoms with van der Waals surface area (Å²) >= 11 is 0. The van der Waals surface area contributed by atoms with E-state index in [-0.39, 0.29) is 11.9 Å². The zero-order valence-corrected chi connectivity index (χ0v) is 12.8. The van der Waals surface area contributed by atoms with Crippen LogP contribution in [-0.2, 0) is 0 Å². The molecule has 4 heteroatoms. The molecule has 0 bridgehead atoms. The van der Waals surface area contributed by atoms with Gasteiger partial charge >= 0.3 is 0 Å². The van der Waals surface area contributed by atoms with E-state index in [1.807, 2.05) is 13.0 Å². The molecule has 1 aromatic carbocycles. The molecule has 3 nitrogen and oxygen atoms in total. The zero-order valence-electron chi connectivity index (χ0n) is 12.8. The minimum atomic E-state index is -0.154. The Morgan fingerprint density at radius 1 is 1.40 bits per heavy atom. The van der Waals surface area contributed by atoms with Crippen LogP contribution in [-0.4, -0.2) is 37.6 Å². The molecule has 2 N–H and O–H groups in total. The molecule has 1 aliphatic heterocycles. The van der Waals surface area contributed by atoms with Crippen LogP contribution in [0.5, 0.6) is 0 Å². The highest BCUT2D eigenvalue weighted by Crippen LogP contribution is 2.31. The van der Waals surface area contributed by atoms with Crippen LogP contribution in [0.3, 0.4) is 0 Å². The van der Waals surface area contributed by atoms with Crippen LogP contribution >= 0.6 is 0 Å². The molecule has 1 fully saturated rings. The van der Waals surface area contributed by atoms with Crippen molar-refractivity contribution < 1.29 is 4.39 Å². The summed E-state index contributed by atoms with van der Waals surface area (Å²) in [6, 6.07) is 5.44. The van der Waals surface area contributed by atoms with Crippen molar-refractivity contribution in [3.63, 3.8) is 0 Å². The Balaban J connectivity index is 2.42. The van der Waals surface area contributed by atoms with Gasteiger partial charge in [-0.2, -0.15) is 0 Å². The summed E-state index contributed by atoms with van der Waals surface area (Å²) in [5.74, 6) is -0.150. The lowest BCUT2D eigenvalue weighted by Gasteiger charge is -2.34. The highest BCUT2D eigenvalue weighted by Gasteiger charge is 2.26. The fraction of sp³-hybridized carbons (Fsp3) is 0.625. The van der Waals surface area contributed by atoms with Crippen LogP contribution in [0.2, 0.25) is 0 Å². The number of likely N-dealkylation sites (N-methyl/N-ethyl adjacent to an activating group) is 1. The number of hydrogen-bond acceptors (Lipinski definition) is 3. The normalized spacial score (nSPS) is 22.6. The molecule has 0 aliphatic carbocycles. The van der Waals surface area contributed by atoms with Gasteiger partial charge in [0.2, 0.25) is 0 Å². The minimum absolute atomic E-state index is 0.150. The van der Waals surface area contributed by atoms with Gasteiger partial charge < -0.3 is 15.5 Å². The van der Waals surface area contributed by atoms with E-state index in [1.165, 1.54) is 0 Å². The van der Waals surface area contributed by atoms with E-state index in [0.29, 0.717) is 11.7 Å². The number of anilines is 1. The molecule has 0 amide bonds.